The van der Waals surface area contributed by atoms with Crippen LogP contribution in [-0.2, 0) is 29.1 Å². The first kappa shape index (κ1) is 23.5. The van der Waals surface area contributed by atoms with Crippen molar-refractivity contribution >= 4 is 23.2 Å². The van der Waals surface area contributed by atoms with Gasteiger partial charge in [-0.05, 0) is 36.6 Å². The number of nitrogens with zero attached hydrogens (tertiary/aromatic N) is 2. The average Bonchev–Trinajstić information content (AvgIpc) is 3.22. The number of amides is 2. The second-order valence-electron chi connectivity index (χ2n) is 7.80. The molecule has 1 heterocycles. The molecule has 0 aliphatic rings. The molecule has 0 saturated carbocycles. The summed E-state index contributed by atoms with van der Waals surface area (Å²) in [6.07, 6.45) is 2.70. The first-order valence-electron chi connectivity index (χ1n) is 10.8. The van der Waals surface area contributed by atoms with Gasteiger partial charge in [-0.3, -0.25) is 9.59 Å². The van der Waals surface area contributed by atoms with Crippen molar-refractivity contribution in [2.75, 3.05) is 13.1 Å². The van der Waals surface area contributed by atoms with Crippen LogP contribution in [0, 0.1) is 6.92 Å². The van der Waals surface area contributed by atoms with Crippen molar-refractivity contribution in [3.63, 3.8) is 0 Å². The fraction of sp³-hybridized carbons (Fsp3) is 0.259. The van der Waals surface area contributed by atoms with Crippen molar-refractivity contribution in [3.8, 4) is 0 Å². The number of benzene rings is 2. The third-order valence-corrected chi connectivity index (χ3v) is 6.20. The second-order valence-corrected chi connectivity index (χ2v) is 9.17. The minimum atomic E-state index is -0.0604. The molecule has 0 spiro atoms. The summed E-state index contributed by atoms with van der Waals surface area (Å²) in [7, 11) is 0. The molecule has 4 nitrogen and oxygen atoms in total. The number of carbonyl (C=O) groups excluding carboxylic acids is 2. The summed E-state index contributed by atoms with van der Waals surface area (Å²) in [4.78, 5) is 32.0. The standard InChI is InChI=1S/C27H30N2O2S/c1-3-18-28(26(30)17-15-23-10-6-4-7-11-23)21-27(31)29(19-24-12-8-5-9-13-24)20-25-16-14-22(2)32-25/h3-14,16H,1,15,17-21H2,2H3. The molecule has 0 radical (unpaired) electrons. The van der Waals surface area contributed by atoms with Gasteiger partial charge >= 0.3 is 0 Å². The lowest BCUT2D eigenvalue weighted by molar-refractivity contribution is -0.140. The zero-order chi connectivity index (χ0) is 22.8. The molecule has 32 heavy (non-hydrogen) atoms. The number of aryl methyl sites for hydroxylation is 2. The molecular formula is C27H30N2O2S. The molecule has 3 aromatic rings. The van der Waals surface area contributed by atoms with E-state index in [9.17, 15) is 9.59 Å². The predicted octanol–water partition coefficient (Wildman–Crippen LogP) is 5.23. The fourth-order valence-corrected chi connectivity index (χ4v) is 4.43. The van der Waals surface area contributed by atoms with Crippen molar-refractivity contribution < 1.29 is 9.59 Å². The van der Waals surface area contributed by atoms with E-state index in [1.807, 2.05) is 65.6 Å². The number of thiophene rings is 1. The maximum atomic E-state index is 13.3. The van der Waals surface area contributed by atoms with Gasteiger partial charge in [-0.2, -0.15) is 0 Å². The van der Waals surface area contributed by atoms with E-state index in [4.69, 9.17) is 0 Å². The summed E-state index contributed by atoms with van der Waals surface area (Å²) in [6, 6.07) is 24.0. The molecule has 166 valence electrons. The zero-order valence-corrected chi connectivity index (χ0v) is 19.4. The Morgan fingerprint density at radius 2 is 1.50 bits per heavy atom. The summed E-state index contributed by atoms with van der Waals surface area (Å²) in [6.45, 7) is 7.29. The predicted molar refractivity (Wildman–Crippen MR) is 131 cm³/mol. The highest BCUT2D eigenvalue weighted by Crippen LogP contribution is 2.19. The van der Waals surface area contributed by atoms with E-state index in [1.165, 1.54) is 4.88 Å². The SMILES string of the molecule is C=CCN(CC(=O)N(Cc1ccccc1)Cc1ccc(C)s1)C(=O)CCc1ccccc1. The first-order valence-corrected chi connectivity index (χ1v) is 11.7. The Morgan fingerprint density at radius 1 is 0.844 bits per heavy atom. The monoisotopic (exact) mass is 446 g/mol. The van der Waals surface area contributed by atoms with E-state index in [-0.39, 0.29) is 18.4 Å². The van der Waals surface area contributed by atoms with Crippen LogP contribution in [-0.4, -0.2) is 34.7 Å². The smallest absolute Gasteiger partial charge is 0.242 e. The summed E-state index contributed by atoms with van der Waals surface area (Å²) >= 11 is 1.69. The van der Waals surface area contributed by atoms with Gasteiger partial charge in [0, 0.05) is 29.3 Å². The van der Waals surface area contributed by atoms with Gasteiger partial charge in [-0.1, -0.05) is 66.7 Å². The van der Waals surface area contributed by atoms with Gasteiger partial charge in [0.2, 0.25) is 11.8 Å². The van der Waals surface area contributed by atoms with Crippen molar-refractivity contribution in [1.82, 2.24) is 9.80 Å². The normalized spacial score (nSPS) is 10.5. The molecule has 0 bridgehead atoms. The van der Waals surface area contributed by atoms with E-state index in [1.54, 1.807) is 22.3 Å². The number of carbonyl (C=O) groups is 2. The zero-order valence-electron chi connectivity index (χ0n) is 18.6. The highest BCUT2D eigenvalue weighted by atomic mass is 32.1. The molecule has 0 aliphatic carbocycles. The molecule has 2 aromatic carbocycles. The summed E-state index contributed by atoms with van der Waals surface area (Å²) < 4.78 is 0. The van der Waals surface area contributed by atoms with Crippen molar-refractivity contribution in [3.05, 3.63) is 106 Å². The Morgan fingerprint density at radius 3 is 2.09 bits per heavy atom. The number of hydrogen-bond donors (Lipinski definition) is 0. The van der Waals surface area contributed by atoms with Gasteiger partial charge < -0.3 is 9.80 Å². The van der Waals surface area contributed by atoms with E-state index >= 15 is 0 Å². The highest BCUT2D eigenvalue weighted by molar-refractivity contribution is 7.11. The Kier molecular flexibility index (Phi) is 8.81. The molecule has 1 aromatic heterocycles. The van der Waals surface area contributed by atoms with Gasteiger partial charge in [0.25, 0.3) is 0 Å². The van der Waals surface area contributed by atoms with Gasteiger partial charge in [-0.25, -0.2) is 0 Å². The van der Waals surface area contributed by atoms with Crippen molar-refractivity contribution in [2.45, 2.75) is 32.9 Å². The molecule has 0 atom stereocenters. The second kappa shape index (κ2) is 12.0. The molecule has 0 fully saturated rings. The summed E-state index contributed by atoms with van der Waals surface area (Å²) in [5, 5.41) is 0. The lowest BCUT2D eigenvalue weighted by Gasteiger charge is -2.27. The fourth-order valence-electron chi connectivity index (χ4n) is 3.52. The molecule has 3 rings (SSSR count). The molecule has 0 aliphatic heterocycles. The minimum Gasteiger partial charge on any atom is -0.332 e. The molecule has 0 saturated heterocycles. The Bertz CT molecular complexity index is 1010. The van der Waals surface area contributed by atoms with Crippen LogP contribution in [0.1, 0.15) is 27.3 Å². The molecular weight excluding hydrogens is 416 g/mol. The topological polar surface area (TPSA) is 40.6 Å². The maximum Gasteiger partial charge on any atom is 0.242 e. The van der Waals surface area contributed by atoms with Crippen LogP contribution in [0.3, 0.4) is 0 Å². The van der Waals surface area contributed by atoms with Gasteiger partial charge in [-0.15, -0.1) is 17.9 Å². The molecule has 0 unspecified atom stereocenters. The molecule has 0 N–H and O–H groups in total. The van der Waals surface area contributed by atoms with Crippen LogP contribution >= 0.6 is 11.3 Å². The lowest BCUT2D eigenvalue weighted by atomic mass is 10.1. The Labute approximate surface area is 194 Å². The van der Waals surface area contributed by atoms with Crippen LogP contribution in [0.2, 0.25) is 0 Å². The summed E-state index contributed by atoms with van der Waals surface area (Å²) in [5.41, 5.74) is 2.18. The van der Waals surface area contributed by atoms with Gasteiger partial charge in [0.1, 0.15) is 6.54 Å². The lowest BCUT2D eigenvalue weighted by Crippen LogP contribution is -2.42. The van der Waals surface area contributed by atoms with Gasteiger partial charge in [0.15, 0.2) is 0 Å². The molecule has 2 amide bonds. The van der Waals surface area contributed by atoms with Crippen molar-refractivity contribution in [2.24, 2.45) is 0 Å². The third-order valence-electron chi connectivity index (χ3n) is 5.21. The van der Waals surface area contributed by atoms with Crippen LogP contribution in [0.25, 0.3) is 0 Å². The van der Waals surface area contributed by atoms with E-state index in [0.29, 0.717) is 32.5 Å². The first-order chi connectivity index (χ1) is 15.5. The largest absolute Gasteiger partial charge is 0.332 e. The highest BCUT2D eigenvalue weighted by Gasteiger charge is 2.21. The van der Waals surface area contributed by atoms with Crippen LogP contribution in [0.5, 0.6) is 0 Å². The Balaban J connectivity index is 1.69. The summed E-state index contributed by atoms with van der Waals surface area (Å²) in [5.74, 6) is -0.0939. The number of hydrogen-bond acceptors (Lipinski definition) is 3. The average molecular weight is 447 g/mol. The van der Waals surface area contributed by atoms with E-state index < -0.39 is 0 Å². The Hall–Kier alpha value is -3.18. The van der Waals surface area contributed by atoms with E-state index in [0.717, 1.165) is 16.0 Å². The van der Waals surface area contributed by atoms with Crippen LogP contribution in [0.4, 0.5) is 0 Å². The van der Waals surface area contributed by atoms with Gasteiger partial charge in [0.05, 0.1) is 6.54 Å². The van der Waals surface area contributed by atoms with E-state index in [2.05, 4.69) is 25.6 Å². The van der Waals surface area contributed by atoms with Crippen LogP contribution in [0.15, 0.2) is 85.5 Å². The third kappa shape index (κ3) is 7.20. The molecule has 5 heteroatoms. The maximum absolute atomic E-state index is 13.3. The number of rotatable bonds is 11. The van der Waals surface area contributed by atoms with Crippen molar-refractivity contribution in [1.29, 1.82) is 0 Å². The van der Waals surface area contributed by atoms with Crippen LogP contribution < -0.4 is 0 Å². The minimum absolute atomic E-state index is 0.0336. The quantitative estimate of drug-likeness (QED) is 0.378.